The Morgan fingerprint density at radius 2 is 0.644 bits per heavy atom. The van der Waals surface area contributed by atoms with Gasteiger partial charge in [0, 0.05) is 12.8 Å². The first-order valence-electron chi connectivity index (χ1n) is 33.4. The molecule has 0 aromatic carbocycles. The van der Waals surface area contributed by atoms with Crippen LogP contribution in [0.3, 0.4) is 0 Å². The Labute approximate surface area is 457 Å². The molecule has 0 aliphatic carbocycles. The first kappa shape index (κ1) is 71.6. The summed E-state index contributed by atoms with van der Waals surface area (Å²) in [5.74, 6) is -0.0241. The zero-order valence-corrected chi connectivity index (χ0v) is 49.6. The summed E-state index contributed by atoms with van der Waals surface area (Å²) in [5, 5.41) is 23.4. The largest absolute Gasteiger partial charge is 0.466 e. The van der Waals surface area contributed by atoms with Gasteiger partial charge in [-0.2, -0.15) is 0 Å². The van der Waals surface area contributed by atoms with Crippen molar-refractivity contribution in [3.05, 3.63) is 12.2 Å². The average molecular weight is 1030 g/mol. The normalized spacial score (nSPS) is 12.5. The molecule has 0 heterocycles. The molecule has 0 aliphatic heterocycles. The maximum absolute atomic E-state index is 12.5. The second-order valence-corrected chi connectivity index (χ2v) is 23.2. The van der Waals surface area contributed by atoms with E-state index in [2.05, 4.69) is 31.3 Å². The SMILES string of the molecule is CCCCCC/C=C\CCCCCCCC(=O)OCCCCCCCCCCCCCCCCCCCCCCCCCC(=O)NC(CO)C(O)CCCCCCCCCCCCCCCCCCCCCC. The lowest BCUT2D eigenvalue weighted by molar-refractivity contribution is -0.143. The van der Waals surface area contributed by atoms with E-state index < -0.39 is 12.1 Å². The summed E-state index contributed by atoms with van der Waals surface area (Å²) in [5.41, 5.74) is 0. The fourth-order valence-corrected chi connectivity index (χ4v) is 10.7. The molecule has 0 spiro atoms. The number of carbonyl (C=O) groups is 2. The minimum atomic E-state index is -0.664. The van der Waals surface area contributed by atoms with E-state index >= 15 is 0 Å². The van der Waals surface area contributed by atoms with E-state index in [0.29, 0.717) is 25.9 Å². The second-order valence-electron chi connectivity index (χ2n) is 23.2. The molecule has 6 heteroatoms. The number of unbranched alkanes of at least 4 members (excludes halogenated alkanes) is 50. The maximum atomic E-state index is 12.5. The quantitative estimate of drug-likeness (QED) is 0.0320. The van der Waals surface area contributed by atoms with Gasteiger partial charge in [0.2, 0.25) is 5.91 Å². The van der Waals surface area contributed by atoms with Crippen molar-refractivity contribution < 1.29 is 24.5 Å². The predicted molar refractivity (Wildman–Crippen MR) is 320 cm³/mol. The van der Waals surface area contributed by atoms with Gasteiger partial charge in [-0.25, -0.2) is 0 Å². The van der Waals surface area contributed by atoms with Crippen LogP contribution in [0.25, 0.3) is 0 Å². The van der Waals surface area contributed by atoms with Crippen LogP contribution < -0.4 is 5.32 Å². The third kappa shape index (κ3) is 59.7. The van der Waals surface area contributed by atoms with Gasteiger partial charge >= 0.3 is 5.97 Å². The molecule has 0 radical (unpaired) electrons. The molecule has 0 aliphatic rings. The summed E-state index contributed by atoms with van der Waals surface area (Å²) < 4.78 is 5.48. The Hall–Kier alpha value is -1.40. The number of amides is 1. The average Bonchev–Trinajstić information content (AvgIpc) is 3.39. The number of carbonyl (C=O) groups excluding carboxylic acids is 2. The topological polar surface area (TPSA) is 95.9 Å². The molecule has 0 rings (SSSR count). The number of esters is 1. The number of allylic oxidation sites excluding steroid dienone is 2. The molecule has 0 saturated carbocycles. The summed E-state index contributed by atoms with van der Waals surface area (Å²) in [6, 6.07) is -0.541. The van der Waals surface area contributed by atoms with E-state index in [9.17, 15) is 19.8 Å². The van der Waals surface area contributed by atoms with E-state index in [1.807, 2.05) is 0 Å². The highest BCUT2D eigenvalue weighted by Gasteiger charge is 2.20. The summed E-state index contributed by atoms with van der Waals surface area (Å²) in [7, 11) is 0. The molecular weight excluding hydrogens is 899 g/mol. The monoisotopic (exact) mass is 1030 g/mol. The molecule has 1 amide bonds. The maximum Gasteiger partial charge on any atom is 0.305 e. The predicted octanol–water partition coefficient (Wildman–Crippen LogP) is 21.2. The molecule has 2 unspecified atom stereocenters. The molecule has 6 nitrogen and oxygen atoms in total. The number of aliphatic hydroxyl groups is 2. The van der Waals surface area contributed by atoms with Crippen LogP contribution in [0.2, 0.25) is 0 Å². The number of nitrogens with one attached hydrogen (secondary N) is 1. The molecule has 3 N–H and O–H groups in total. The Bertz CT molecular complexity index is 1100. The third-order valence-electron chi connectivity index (χ3n) is 15.8. The van der Waals surface area contributed by atoms with Gasteiger partial charge in [-0.05, 0) is 51.4 Å². The molecule has 0 bridgehead atoms. The number of ether oxygens (including phenoxy) is 1. The lowest BCUT2D eigenvalue weighted by Gasteiger charge is -2.22. The van der Waals surface area contributed by atoms with Crippen molar-refractivity contribution >= 4 is 11.9 Å². The molecular formula is C67H131NO5. The van der Waals surface area contributed by atoms with Crippen LogP contribution in [0.4, 0.5) is 0 Å². The van der Waals surface area contributed by atoms with Gasteiger partial charge in [0.15, 0.2) is 0 Å². The van der Waals surface area contributed by atoms with Crippen LogP contribution in [-0.4, -0.2) is 47.4 Å². The molecule has 0 fully saturated rings. The standard InChI is InChI=1S/C67H131NO5/c1-3-5-7-9-11-13-15-17-18-19-20-26-29-32-36-39-43-47-51-55-59-65(70)64(63-69)68-66(71)60-56-52-48-44-40-37-33-30-27-24-22-21-23-25-28-31-34-38-42-46-50-54-58-62-73-67(72)61-57-53-49-45-41-35-16-14-12-10-8-6-4-2/h14,16,64-65,69-70H,3-13,15,17-63H2,1-2H3,(H,68,71)/b16-14-. The zero-order valence-electron chi connectivity index (χ0n) is 49.6. The van der Waals surface area contributed by atoms with E-state index in [1.54, 1.807) is 0 Å². The van der Waals surface area contributed by atoms with Gasteiger partial charge in [0.05, 0.1) is 25.4 Å². The summed E-state index contributed by atoms with van der Waals surface area (Å²) >= 11 is 0. The molecule has 2 atom stereocenters. The minimum absolute atomic E-state index is 0.00612. The number of aliphatic hydroxyl groups excluding tert-OH is 2. The second kappa shape index (κ2) is 63.1. The van der Waals surface area contributed by atoms with Crippen LogP contribution in [0.5, 0.6) is 0 Å². The van der Waals surface area contributed by atoms with Gasteiger partial charge in [-0.3, -0.25) is 9.59 Å². The Morgan fingerprint density at radius 1 is 0.370 bits per heavy atom. The van der Waals surface area contributed by atoms with Gasteiger partial charge in [-0.1, -0.05) is 328 Å². The fraction of sp³-hybridized carbons (Fsp3) is 0.940. The highest BCUT2D eigenvalue weighted by Crippen LogP contribution is 2.19. The van der Waals surface area contributed by atoms with Crippen molar-refractivity contribution in [1.82, 2.24) is 5.32 Å². The molecule has 73 heavy (non-hydrogen) atoms. The van der Waals surface area contributed by atoms with Crippen molar-refractivity contribution in [3.8, 4) is 0 Å². The summed E-state index contributed by atoms with van der Waals surface area (Å²) in [6.07, 6.45) is 76.7. The molecule has 0 aromatic rings. The Kier molecular flexibility index (Phi) is 61.9. The molecule has 434 valence electrons. The Balaban J connectivity index is 3.37. The van der Waals surface area contributed by atoms with E-state index in [1.165, 1.54) is 302 Å². The number of hydrogen-bond acceptors (Lipinski definition) is 5. The van der Waals surface area contributed by atoms with Gasteiger partial charge in [-0.15, -0.1) is 0 Å². The Morgan fingerprint density at radius 3 is 0.986 bits per heavy atom. The number of hydrogen-bond donors (Lipinski definition) is 3. The number of rotatable bonds is 63. The molecule has 0 saturated heterocycles. The highest BCUT2D eigenvalue weighted by atomic mass is 16.5. The van der Waals surface area contributed by atoms with Crippen molar-refractivity contribution in [2.24, 2.45) is 0 Å². The lowest BCUT2D eigenvalue weighted by atomic mass is 10.0. The van der Waals surface area contributed by atoms with E-state index in [4.69, 9.17) is 4.74 Å². The summed E-state index contributed by atoms with van der Waals surface area (Å²) in [6.45, 7) is 4.97. The minimum Gasteiger partial charge on any atom is -0.466 e. The first-order valence-corrected chi connectivity index (χ1v) is 33.4. The van der Waals surface area contributed by atoms with Crippen LogP contribution in [0.15, 0.2) is 12.2 Å². The lowest BCUT2D eigenvalue weighted by Crippen LogP contribution is -2.45. The van der Waals surface area contributed by atoms with Crippen LogP contribution in [0, 0.1) is 0 Å². The van der Waals surface area contributed by atoms with Crippen molar-refractivity contribution in [1.29, 1.82) is 0 Å². The fourth-order valence-electron chi connectivity index (χ4n) is 10.7. The van der Waals surface area contributed by atoms with E-state index in [0.717, 1.165) is 44.9 Å². The molecule has 0 aromatic heterocycles. The van der Waals surface area contributed by atoms with Crippen LogP contribution >= 0.6 is 0 Å². The summed E-state index contributed by atoms with van der Waals surface area (Å²) in [4.78, 5) is 24.6. The smallest absolute Gasteiger partial charge is 0.305 e. The van der Waals surface area contributed by atoms with E-state index in [-0.39, 0.29) is 18.5 Å². The van der Waals surface area contributed by atoms with Gasteiger partial charge in [0.1, 0.15) is 0 Å². The van der Waals surface area contributed by atoms with Crippen molar-refractivity contribution in [2.45, 2.75) is 392 Å². The third-order valence-corrected chi connectivity index (χ3v) is 15.8. The highest BCUT2D eigenvalue weighted by molar-refractivity contribution is 5.76. The van der Waals surface area contributed by atoms with Crippen LogP contribution in [-0.2, 0) is 14.3 Å². The van der Waals surface area contributed by atoms with Gasteiger partial charge in [0.25, 0.3) is 0 Å². The first-order chi connectivity index (χ1) is 36.0. The van der Waals surface area contributed by atoms with Crippen LogP contribution in [0.1, 0.15) is 380 Å². The van der Waals surface area contributed by atoms with Crippen molar-refractivity contribution in [3.63, 3.8) is 0 Å². The van der Waals surface area contributed by atoms with Crippen molar-refractivity contribution in [2.75, 3.05) is 13.2 Å². The van der Waals surface area contributed by atoms with Gasteiger partial charge < -0.3 is 20.3 Å². The zero-order chi connectivity index (χ0) is 52.9.